The average Bonchev–Trinajstić information content (AvgIpc) is 2.26. The molecule has 0 fully saturated rings. The Morgan fingerprint density at radius 2 is 1.56 bits per heavy atom. The van der Waals surface area contributed by atoms with Gasteiger partial charge in [0.05, 0.1) is 27.4 Å². The molecule has 0 amide bonds. The molecule has 0 saturated heterocycles. The summed E-state index contributed by atoms with van der Waals surface area (Å²) >= 11 is 0. The van der Waals surface area contributed by atoms with E-state index in [1.165, 1.54) is 0 Å². The van der Waals surface area contributed by atoms with E-state index in [0.29, 0.717) is 23.7 Å². The van der Waals surface area contributed by atoms with E-state index in [2.05, 4.69) is 0 Å². The smallest absolute Gasteiger partial charge is 0.203 e. The molecule has 16 heavy (non-hydrogen) atoms. The van der Waals surface area contributed by atoms with Gasteiger partial charge in [0.1, 0.15) is 0 Å². The third-order valence-electron chi connectivity index (χ3n) is 2.26. The van der Waals surface area contributed by atoms with Gasteiger partial charge in [0.2, 0.25) is 5.75 Å². The molecule has 1 rings (SSSR count). The van der Waals surface area contributed by atoms with E-state index in [1.54, 1.807) is 28.3 Å². The molecule has 0 bridgehead atoms. The molecule has 1 aromatic rings. The molecule has 1 N–H and O–H groups in total. The highest BCUT2D eigenvalue weighted by Crippen LogP contribution is 2.38. The minimum atomic E-state index is -0.400. The van der Waals surface area contributed by atoms with E-state index < -0.39 is 6.10 Å². The Kier molecular flexibility index (Phi) is 4.43. The van der Waals surface area contributed by atoms with E-state index in [9.17, 15) is 5.11 Å². The molecule has 0 aliphatic carbocycles. The molecule has 0 saturated carbocycles. The van der Waals surface area contributed by atoms with Crippen molar-refractivity contribution in [3.05, 3.63) is 17.7 Å². The quantitative estimate of drug-likeness (QED) is 0.829. The number of aliphatic hydroxyl groups excluding tert-OH is 1. The minimum absolute atomic E-state index is 0.400. The van der Waals surface area contributed by atoms with Gasteiger partial charge in [-0.15, -0.1) is 0 Å². The molecular weight excluding hydrogens is 208 g/mol. The van der Waals surface area contributed by atoms with Gasteiger partial charge < -0.3 is 19.3 Å². The van der Waals surface area contributed by atoms with Crippen LogP contribution in [0.15, 0.2) is 12.1 Å². The molecule has 4 heteroatoms. The van der Waals surface area contributed by atoms with Crippen molar-refractivity contribution in [1.82, 2.24) is 0 Å². The second-order valence-corrected chi connectivity index (χ2v) is 3.59. The molecule has 0 radical (unpaired) electrons. The van der Waals surface area contributed by atoms with Crippen LogP contribution in [-0.2, 0) is 6.42 Å². The SMILES string of the molecule is COc1cc(CC(C)O)cc(OC)c1OC. The van der Waals surface area contributed by atoms with Gasteiger partial charge >= 0.3 is 0 Å². The summed E-state index contributed by atoms with van der Waals surface area (Å²) in [5.41, 5.74) is 0.949. The number of benzene rings is 1. The van der Waals surface area contributed by atoms with Crippen LogP contribution >= 0.6 is 0 Å². The molecule has 1 unspecified atom stereocenters. The number of rotatable bonds is 5. The largest absolute Gasteiger partial charge is 0.493 e. The summed E-state index contributed by atoms with van der Waals surface area (Å²) in [7, 11) is 4.71. The Bertz CT molecular complexity index is 322. The maximum atomic E-state index is 9.35. The first kappa shape index (κ1) is 12.6. The summed E-state index contributed by atoms with van der Waals surface area (Å²) in [6.07, 6.45) is 0.152. The van der Waals surface area contributed by atoms with Gasteiger partial charge in [-0.1, -0.05) is 0 Å². The van der Waals surface area contributed by atoms with Gasteiger partial charge in [0.25, 0.3) is 0 Å². The standard InChI is InChI=1S/C12H18O4/c1-8(13)5-9-6-10(14-2)12(16-4)11(7-9)15-3/h6-8,13H,5H2,1-4H3. The number of ether oxygens (including phenoxy) is 3. The zero-order chi connectivity index (χ0) is 12.1. The highest BCUT2D eigenvalue weighted by atomic mass is 16.5. The van der Waals surface area contributed by atoms with E-state index >= 15 is 0 Å². The monoisotopic (exact) mass is 226 g/mol. The van der Waals surface area contributed by atoms with Crippen molar-refractivity contribution in [3.63, 3.8) is 0 Å². The molecule has 1 aromatic carbocycles. The number of hydrogen-bond donors (Lipinski definition) is 1. The van der Waals surface area contributed by atoms with Crippen LogP contribution in [0.3, 0.4) is 0 Å². The van der Waals surface area contributed by atoms with Crippen LogP contribution in [0.1, 0.15) is 12.5 Å². The van der Waals surface area contributed by atoms with Crippen LogP contribution in [-0.4, -0.2) is 32.5 Å². The van der Waals surface area contributed by atoms with Crippen molar-refractivity contribution < 1.29 is 19.3 Å². The fourth-order valence-corrected chi connectivity index (χ4v) is 1.59. The molecule has 0 spiro atoms. The van der Waals surface area contributed by atoms with Gasteiger partial charge in [-0.3, -0.25) is 0 Å². The van der Waals surface area contributed by atoms with E-state index in [4.69, 9.17) is 14.2 Å². The number of methoxy groups -OCH3 is 3. The van der Waals surface area contributed by atoms with Crippen LogP contribution in [0.25, 0.3) is 0 Å². The second-order valence-electron chi connectivity index (χ2n) is 3.59. The lowest BCUT2D eigenvalue weighted by atomic mass is 10.1. The Morgan fingerprint density at radius 1 is 1.06 bits per heavy atom. The summed E-state index contributed by atoms with van der Waals surface area (Å²) in [6.45, 7) is 1.74. The molecule has 1 atom stereocenters. The van der Waals surface area contributed by atoms with Gasteiger partial charge in [-0.2, -0.15) is 0 Å². The molecule has 0 aliphatic rings. The van der Waals surface area contributed by atoms with E-state index in [-0.39, 0.29) is 0 Å². The zero-order valence-electron chi connectivity index (χ0n) is 10.1. The molecule has 4 nitrogen and oxygen atoms in total. The Balaban J connectivity index is 3.15. The molecule has 90 valence electrons. The molecule has 0 aliphatic heterocycles. The van der Waals surface area contributed by atoms with Gasteiger partial charge in [0.15, 0.2) is 11.5 Å². The maximum absolute atomic E-state index is 9.35. The first-order valence-electron chi connectivity index (χ1n) is 5.09. The summed E-state index contributed by atoms with van der Waals surface area (Å²) in [5, 5.41) is 9.35. The average molecular weight is 226 g/mol. The van der Waals surface area contributed by atoms with Crippen molar-refractivity contribution in [1.29, 1.82) is 0 Å². The van der Waals surface area contributed by atoms with E-state index in [0.717, 1.165) is 5.56 Å². The third kappa shape index (κ3) is 2.79. The van der Waals surface area contributed by atoms with E-state index in [1.807, 2.05) is 12.1 Å². The Hall–Kier alpha value is -1.42. The number of hydrogen-bond acceptors (Lipinski definition) is 4. The third-order valence-corrected chi connectivity index (χ3v) is 2.26. The van der Waals surface area contributed by atoms with Gasteiger partial charge in [-0.05, 0) is 31.0 Å². The zero-order valence-corrected chi connectivity index (χ0v) is 10.1. The second kappa shape index (κ2) is 5.61. The predicted molar refractivity (Wildman–Crippen MR) is 61.5 cm³/mol. The summed E-state index contributed by atoms with van der Waals surface area (Å²) in [5.74, 6) is 1.79. The van der Waals surface area contributed by atoms with Crippen LogP contribution in [0.5, 0.6) is 17.2 Å². The maximum Gasteiger partial charge on any atom is 0.203 e. The fourth-order valence-electron chi connectivity index (χ4n) is 1.59. The van der Waals surface area contributed by atoms with Crippen molar-refractivity contribution in [2.75, 3.05) is 21.3 Å². The molecule has 0 aromatic heterocycles. The molecule has 0 heterocycles. The van der Waals surface area contributed by atoms with Crippen molar-refractivity contribution in [3.8, 4) is 17.2 Å². The minimum Gasteiger partial charge on any atom is -0.493 e. The highest BCUT2D eigenvalue weighted by molar-refractivity contribution is 5.53. The van der Waals surface area contributed by atoms with Gasteiger partial charge in [-0.25, -0.2) is 0 Å². The van der Waals surface area contributed by atoms with Crippen molar-refractivity contribution in [2.45, 2.75) is 19.4 Å². The topological polar surface area (TPSA) is 47.9 Å². The van der Waals surface area contributed by atoms with Crippen LogP contribution < -0.4 is 14.2 Å². The normalized spacial score (nSPS) is 12.1. The number of aliphatic hydroxyl groups is 1. The Labute approximate surface area is 95.8 Å². The van der Waals surface area contributed by atoms with Crippen LogP contribution in [0.4, 0.5) is 0 Å². The summed E-state index contributed by atoms with van der Waals surface area (Å²) < 4.78 is 15.6. The Morgan fingerprint density at radius 3 is 1.88 bits per heavy atom. The summed E-state index contributed by atoms with van der Waals surface area (Å²) in [4.78, 5) is 0. The fraction of sp³-hybridized carbons (Fsp3) is 0.500. The lowest BCUT2D eigenvalue weighted by molar-refractivity contribution is 0.195. The summed E-state index contributed by atoms with van der Waals surface area (Å²) in [6, 6.07) is 3.68. The molecular formula is C12H18O4. The van der Waals surface area contributed by atoms with Crippen LogP contribution in [0.2, 0.25) is 0 Å². The van der Waals surface area contributed by atoms with Crippen LogP contribution in [0, 0.1) is 0 Å². The van der Waals surface area contributed by atoms with Crippen molar-refractivity contribution in [2.24, 2.45) is 0 Å². The van der Waals surface area contributed by atoms with Crippen molar-refractivity contribution >= 4 is 0 Å². The van der Waals surface area contributed by atoms with Gasteiger partial charge in [0, 0.05) is 0 Å². The highest BCUT2D eigenvalue weighted by Gasteiger charge is 2.13. The predicted octanol–water partition coefficient (Wildman–Crippen LogP) is 1.64. The lowest BCUT2D eigenvalue weighted by Gasteiger charge is -2.14. The lowest BCUT2D eigenvalue weighted by Crippen LogP contribution is -2.05. The first-order chi connectivity index (χ1) is 7.62. The first-order valence-corrected chi connectivity index (χ1v) is 5.09.